The number of halogens is 1. The Balaban J connectivity index is 1.77. The van der Waals surface area contributed by atoms with Crippen molar-refractivity contribution in [3.8, 4) is 0 Å². The Morgan fingerprint density at radius 3 is 3.05 bits per heavy atom. The normalized spacial score (nSPS) is 15.1. The maximum Gasteiger partial charge on any atom is 0.294 e. The van der Waals surface area contributed by atoms with Crippen LogP contribution in [-0.4, -0.2) is 4.98 Å². The van der Waals surface area contributed by atoms with Crippen LogP contribution in [0.15, 0.2) is 58.7 Å². The number of hydrogen-bond acceptors (Lipinski definition) is 3. The minimum atomic E-state index is 0.742. The fourth-order valence-electron chi connectivity index (χ4n) is 2.59. The maximum atomic E-state index is 6.12. The van der Waals surface area contributed by atoms with Crippen molar-refractivity contribution in [2.75, 3.05) is 5.32 Å². The third kappa shape index (κ3) is 2.34. The van der Waals surface area contributed by atoms with Gasteiger partial charge in [0, 0.05) is 17.7 Å². The number of fused-ring (bicyclic) bond motifs is 2. The first kappa shape index (κ1) is 13.6. The van der Waals surface area contributed by atoms with Crippen LogP contribution in [0.25, 0.3) is 17.0 Å². The average molecular weight is 327 g/mol. The topological polar surface area (TPSA) is 28.8 Å². The van der Waals surface area contributed by atoms with E-state index in [2.05, 4.69) is 22.4 Å². The molecule has 3 heterocycles. The Bertz CT molecular complexity index is 916. The standard InChI is InChI=1S/C17H12ClN3S/c1-21-10-12(18)9-15-17(21)20-16(22-15)8-11-6-7-19-14-5-3-2-4-13(11)14/h2-10H,1H3/p+1/b16-8+. The van der Waals surface area contributed by atoms with Gasteiger partial charge in [0.05, 0.1) is 17.6 Å². The van der Waals surface area contributed by atoms with Crippen LogP contribution in [-0.2, 0) is 7.05 Å². The maximum absolute atomic E-state index is 6.12. The van der Waals surface area contributed by atoms with Crippen molar-refractivity contribution in [3.63, 3.8) is 0 Å². The van der Waals surface area contributed by atoms with E-state index in [0.29, 0.717) is 0 Å². The van der Waals surface area contributed by atoms with Crippen molar-refractivity contribution >= 4 is 46.2 Å². The van der Waals surface area contributed by atoms with Crippen molar-refractivity contribution in [2.24, 2.45) is 7.05 Å². The van der Waals surface area contributed by atoms with Crippen molar-refractivity contribution < 1.29 is 4.57 Å². The van der Waals surface area contributed by atoms with Gasteiger partial charge < -0.3 is 0 Å². The molecule has 3 aromatic rings. The highest BCUT2D eigenvalue weighted by Gasteiger charge is 2.26. The second-order valence-electron chi connectivity index (χ2n) is 5.14. The number of aryl methyl sites for hydroxylation is 1. The molecular weight excluding hydrogens is 314 g/mol. The molecule has 0 fully saturated rings. The van der Waals surface area contributed by atoms with E-state index in [9.17, 15) is 0 Å². The number of thioether (sulfide) groups is 1. The van der Waals surface area contributed by atoms with Crippen LogP contribution in [0.2, 0.25) is 5.02 Å². The molecule has 5 heteroatoms. The summed E-state index contributed by atoms with van der Waals surface area (Å²) in [6.07, 6.45) is 5.90. The number of benzene rings is 1. The zero-order valence-corrected chi connectivity index (χ0v) is 13.4. The van der Waals surface area contributed by atoms with E-state index in [4.69, 9.17) is 11.6 Å². The Hall–Kier alpha value is -2.04. The van der Waals surface area contributed by atoms with E-state index in [1.54, 1.807) is 11.8 Å². The second kappa shape index (κ2) is 5.30. The summed E-state index contributed by atoms with van der Waals surface area (Å²) in [6, 6.07) is 12.2. The summed E-state index contributed by atoms with van der Waals surface area (Å²) in [7, 11) is 1.99. The predicted octanol–water partition coefficient (Wildman–Crippen LogP) is 4.23. The number of rotatable bonds is 1. The Morgan fingerprint density at radius 2 is 2.14 bits per heavy atom. The van der Waals surface area contributed by atoms with Gasteiger partial charge in [-0.15, -0.1) is 0 Å². The molecule has 0 atom stereocenters. The molecule has 0 saturated heterocycles. The van der Waals surface area contributed by atoms with Gasteiger partial charge in [-0.3, -0.25) is 4.98 Å². The SMILES string of the molecule is C[n+]1cc(Cl)cc2c1N/C(=C\c1ccnc3ccccc13)S2. The minimum Gasteiger partial charge on any atom is -0.256 e. The highest BCUT2D eigenvalue weighted by atomic mass is 35.5. The molecule has 4 rings (SSSR count). The summed E-state index contributed by atoms with van der Waals surface area (Å²) in [5.41, 5.74) is 2.16. The third-order valence-electron chi connectivity index (χ3n) is 3.60. The van der Waals surface area contributed by atoms with Gasteiger partial charge in [-0.05, 0) is 35.5 Å². The lowest BCUT2D eigenvalue weighted by Crippen LogP contribution is -2.30. The molecule has 0 radical (unpaired) electrons. The van der Waals surface area contributed by atoms with Gasteiger partial charge in [-0.25, -0.2) is 9.88 Å². The van der Waals surface area contributed by atoms with Crippen molar-refractivity contribution in [1.82, 2.24) is 4.98 Å². The summed E-state index contributed by atoms with van der Waals surface area (Å²) < 4.78 is 2.01. The fourth-order valence-corrected chi connectivity index (χ4v) is 3.96. The number of nitrogens with zero attached hydrogens (tertiary/aromatic N) is 2. The van der Waals surface area contributed by atoms with Gasteiger partial charge in [0.2, 0.25) is 0 Å². The Kier molecular flexibility index (Phi) is 3.28. The van der Waals surface area contributed by atoms with Crippen LogP contribution in [0.3, 0.4) is 0 Å². The molecule has 0 saturated carbocycles. The van der Waals surface area contributed by atoms with E-state index >= 15 is 0 Å². The zero-order chi connectivity index (χ0) is 15.1. The molecule has 0 spiro atoms. The summed E-state index contributed by atoms with van der Waals surface area (Å²) in [5, 5.41) is 6.43. The van der Waals surface area contributed by atoms with Crippen molar-refractivity contribution in [3.05, 3.63) is 64.4 Å². The molecule has 1 N–H and O–H groups in total. The van der Waals surface area contributed by atoms with Crippen LogP contribution >= 0.6 is 23.4 Å². The smallest absolute Gasteiger partial charge is 0.256 e. The third-order valence-corrected chi connectivity index (χ3v) is 4.78. The Labute approximate surface area is 137 Å². The predicted molar refractivity (Wildman–Crippen MR) is 91.8 cm³/mol. The minimum absolute atomic E-state index is 0.742. The molecule has 1 aliphatic rings. The van der Waals surface area contributed by atoms with Crippen LogP contribution in [0.5, 0.6) is 0 Å². The lowest BCUT2D eigenvalue weighted by molar-refractivity contribution is -0.658. The molecule has 0 amide bonds. The first-order valence-corrected chi connectivity index (χ1v) is 8.10. The lowest BCUT2D eigenvalue weighted by atomic mass is 10.1. The van der Waals surface area contributed by atoms with Crippen LogP contribution in [0, 0.1) is 0 Å². The zero-order valence-electron chi connectivity index (χ0n) is 11.9. The molecule has 1 aliphatic heterocycles. The Morgan fingerprint density at radius 1 is 1.27 bits per heavy atom. The summed E-state index contributed by atoms with van der Waals surface area (Å²) in [5.74, 6) is 1.07. The van der Waals surface area contributed by atoms with E-state index in [1.807, 2.05) is 54.3 Å². The number of aromatic nitrogens is 2. The highest BCUT2D eigenvalue weighted by Crippen LogP contribution is 2.40. The van der Waals surface area contributed by atoms with Crippen molar-refractivity contribution in [1.29, 1.82) is 0 Å². The number of nitrogens with one attached hydrogen (secondary N) is 1. The summed E-state index contributed by atoms with van der Waals surface area (Å²) in [4.78, 5) is 5.54. The molecule has 1 aromatic carbocycles. The van der Waals surface area contributed by atoms with Crippen LogP contribution < -0.4 is 9.88 Å². The number of pyridine rings is 2. The molecular formula is C17H13ClN3S+. The van der Waals surface area contributed by atoms with Crippen LogP contribution in [0.4, 0.5) is 5.82 Å². The van der Waals surface area contributed by atoms with E-state index in [0.717, 1.165) is 37.2 Å². The summed E-state index contributed by atoms with van der Waals surface area (Å²) in [6.45, 7) is 0. The molecule has 108 valence electrons. The molecule has 3 nitrogen and oxygen atoms in total. The van der Waals surface area contributed by atoms with Crippen LogP contribution in [0.1, 0.15) is 5.56 Å². The quantitative estimate of drug-likeness (QED) is 0.678. The number of hydrogen-bond donors (Lipinski definition) is 1. The molecule has 0 aliphatic carbocycles. The van der Waals surface area contributed by atoms with E-state index in [1.165, 1.54) is 0 Å². The largest absolute Gasteiger partial charge is 0.294 e. The molecule has 2 aromatic heterocycles. The number of anilines is 1. The molecule has 22 heavy (non-hydrogen) atoms. The molecule has 0 unspecified atom stereocenters. The first-order chi connectivity index (χ1) is 10.7. The van der Waals surface area contributed by atoms with Gasteiger partial charge in [0.25, 0.3) is 5.82 Å². The summed E-state index contributed by atoms with van der Waals surface area (Å²) >= 11 is 7.82. The fraction of sp³-hybridized carbons (Fsp3) is 0.0588. The van der Waals surface area contributed by atoms with Gasteiger partial charge >= 0.3 is 0 Å². The van der Waals surface area contributed by atoms with E-state index in [-0.39, 0.29) is 0 Å². The second-order valence-corrected chi connectivity index (χ2v) is 6.66. The average Bonchev–Trinajstić information content (AvgIpc) is 2.90. The van der Waals surface area contributed by atoms with Gasteiger partial charge in [-0.1, -0.05) is 29.8 Å². The van der Waals surface area contributed by atoms with E-state index < -0.39 is 0 Å². The van der Waals surface area contributed by atoms with Gasteiger partial charge in [-0.2, -0.15) is 0 Å². The highest BCUT2D eigenvalue weighted by molar-refractivity contribution is 8.03. The molecule has 0 bridgehead atoms. The van der Waals surface area contributed by atoms with Gasteiger partial charge in [0.1, 0.15) is 11.1 Å². The number of para-hydroxylation sites is 1. The van der Waals surface area contributed by atoms with Crippen molar-refractivity contribution in [2.45, 2.75) is 4.90 Å². The van der Waals surface area contributed by atoms with Gasteiger partial charge in [0.15, 0.2) is 5.03 Å². The first-order valence-electron chi connectivity index (χ1n) is 6.90. The lowest BCUT2D eigenvalue weighted by Gasteiger charge is -2.01. The monoisotopic (exact) mass is 326 g/mol.